The van der Waals surface area contributed by atoms with E-state index in [4.69, 9.17) is 0 Å². The first-order valence-electron chi connectivity index (χ1n) is 10.4. The predicted molar refractivity (Wildman–Crippen MR) is 122 cm³/mol. The minimum Gasteiger partial charge on any atom is -0.352 e. The molecule has 0 spiro atoms. The summed E-state index contributed by atoms with van der Waals surface area (Å²) in [6.45, 7) is 4.32. The molecule has 0 radical (unpaired) electrons. The fourth-order valence-electron chi connectivity index (χ4n) is 3.10. The average molecular weight is 401 g/mol. The number of carbonyl (C=O) groups excluding carboxylic acids is 2. The molecular weight excluding hydrogens is 372 g/mol. The second-order valence-electron chi connectivity index (χ2n) is 7.52. The molecule has 1 atom stereocenters. The molecular formula is C26H28N2O2. The van der Waals surface area contributed by atoms with Crippen molar-refractivity contribution in [2.24, 2.45) is 5.92 Å². The molecule has 0 aliphatic rings. The van der Waals surface area contributed by atoms with Gasteiger partial charge in [0.1, 0.15) is 0 Å². The molecule has 0 bridgehead atoms. The normalized spacial score (nSPS) is 11.5. The van der Waals surface area contributed by atoms with Crippen LogP contribution in [0.2, 0.25) is 0 Å². The topological polar surface area (TPSA) is 58.2 Å². The van der Waals surface area contributed by atoms with Crippen molar-refractivity contribution in [2.75, 3.05) is 5.32 Å². The Kier molecular flexibility index (Phi) is 7.39. The van der Waals surface area contributed by atoms with Crippen molar-refractivity contribution in [3.63, 3.8) is 0 Å². The molecule has 0 heterocycles. The monoisotopic (exact) mass is 400 g/mol. The number of anilines is 1. The molecule has 154 valence electrons. The Morgan fingerprint density at radius 3 is 2.23 bits per heavy atom. The highest BCUT2D eigenvalue weighted by atomic mass is 16.2. The van der Waals surface area contributed by atoms with Gasteiger partial charge >= 0.3 is 0 Å². The van der Waals surface area contributed by atoms with Gasteiger partial charge in [0, 0.05) is 18.2 Å². The zero-order valence-electron chi connectivity index (χ0n) is 17.5. The Bertz CT molecular complexity index is 981. The van der Waals surface area contributed by atoms with Crippen LogP contribution in [0.15, 0.2) is 78.9 Å². The van der Waals surface area contributed by atoms with Gasteiger partial charge < -0.3 is 10.6 Å². The lowest BCUT2D eigenvalue weighted by atomic mass is 10.0. The molecule has 30 heavy (non-hydrogen) atoms. The Morgan fingerprint density at radius 2 is 1.53 bits per heavy atom. The van der Waals surface area contributed by atoms with Gasteiger partial charge in [-0.1, -0.05) is 80.6 Å². The van der Waals surface area contributed by atoms with E-state index in [9.17, 15) is 9.59 Å². The second-order valence-corrected chi connectivity index (χ2v) is 7.52. The molecule has 2 N–H and O–H groups in total. The van der Waals surface area contributed by atoms with Crippen molar-refractivity contribution >= 4 is 17.5 Å². The molecule has 0 fully saturated rings. The van der Waals surface area contributed by atoms with Crippen LogP contribution in [0.1, 0.15) is 31.4 Å². The molecule has 0 aromatic heterocycles. The summed E-state index contributed by atoms with van der Waals surface area (Å²) in [5.41, 5.74) is 4.97. The molecule has 0 aliphatic carbocycles. The van der Waals surface area contributed by atoms with E-state index >= 15 is 0 Å². The van der Waals surface area contributed by atoms with Crippen LogP contribution >= 0.6 is 0 Å². The van der Waals surface area contributed by atoms with Crippen molar-refractivity contribution < 1.29 is 9.59 Å². The smallest absolute Gasteiger partial charge is 0.227 e. The summed E-state index contributed by atoms with van der Waals surface area (Å²) in [4.78, 5) is 24.4. The number of amides is 2. The van der Waals surface area contributed by atoms with Gasteiger partial charge in [0.25, 0.3) is 0 Å². The summed E-state index contributed by atoms with van der Waals surface area (Å²) in [6.07, 6.45) is 1.13. The number of nitrogens with one attached hydrogen (secondary N) is 2. The van der Waals surface area contributed by atoms with Gasteiger partial charge in [-0.05, 0) is 40.8 Å². The molecule has 3 aromatic rings. The van der Waals surface area contributed by atoms with Crippen molar-refractivity contribution in [2.45, 2.75) is 33.2 Å². The van der Waals surface area contributed by atoms with Gasteiger partial charge in [-0.25, -0.2) is 0 Å². The quantitative estimate of drug-likeness (QED) is 0.546. The zero-order valence-corrected chi connectivity index (χ0v) is 17.5. The van der Waals surface area contributed by atoms with Crippen molar-refractivity contribution in [1.82, 2.24) is 5.32 Å². The molecule has 4 heteroatoms. The predicted octanol–water partition coefficient (Wildman–Crippen LogP) is 5.20. The lowest BCUT2D eigenvalue weighted by Gasteiger charge is -2.11. The van der Waals surface area contributed by atoms with E-state index in [0.717, 1.165) is 34.4 Å². The summed E-state index contributed by atoms with van der Waals surface area (Å²) in [5, 5.41) is 5.88. The number of benzene rings is 3. The van der Waals surface area contributed by atoms with E-state index < -0.39 is 0 Å². The van der Waals surface area contributed by atoms with Crippen LogP contribution in [-0.4, -0.2) is 11.8 Å². The first-order valence-corrected chi connectivity index (χ1v) is 10.4. The summed E-state index contributed by atoms with van der Waals surface area (Å²) < 4.78 is 0. The number of carbonyl (C=O) groups is 2. The van der Waals surface area contributed by atoms with Gasteiger partial charge in [0.15, 0.2) is 0 Å². The van der Waals surface area contributed by atoms with Crippen LogP contribution in [0, 0.1) is 5.92 Å². The highest BCUT2D eigenvalue weighted by molar-refractivity contribution is 5.92. The Labute approximate surface area is 178 Å². The fraction of sp³-hybridized carbons (Fsp3) is 0.231. The van der Waals surface area contributed by atoms with E-state index in [1.54, 1.807) is 0 Å². The minimum absolute atomic E-state index is 0.0117. The van der Waals surface area contributed by atoms with Crippen molar-refractivity contribution in [3.8, 4) is 11.1 Å². The molecule has 4 nitrogen and oxygen atoms in total. The number of hydrogen-bond donors (Lipinski definition) is 2. The standard InChI is InChI=1S/C26H28N2O2/c1-3-19(2)26(30)28-24-11-7-8-21(16-24)18-27-25(29)17-20-12-14-23(15-13-20)22-9-5-4-6-10-22/h4-16,19H,3,17-18H2,1-2H3,(H,27,29)(H,28,30). The number of rotatable bonds is 8. The second kappa shape index (κ2) is 10.4. The molecule has 3 aromatic carbocycles. The van der Waals surface area contributed by atoms with Crippen LogP contribution in [0.25, 0.3) is 11.1 Å². The van der Waals surface area contributed by atoms with Crippen LogP contribution in [0.3, 0.4) is 0 Å². The fourth-order valence-corrected chi connectivity index (χ4v) is 3.10. The maximum Gasteiger partial charge on any atom is 0.227 e. The van der Waals surface area contributed by atoms with E-state index in [-0.39, 0.29) is 17.7 Å². The summed E-state index contributed by atoms with van der Waals surface area (Å²) in [5.74, 6) is -0.0456. The van der Waals surface area contributed by atoms with E-state index in [0.29, 0.717) is 13.0 Å². The summed E-state index contributed by atoms with van der Waals surface area (Å²) in [7, 11) is 0. The Balaban J connectivity index is 1.52. The molecule has 0 saturated heterocycles. The largest absolute Gasteiger partial charge is 0.352 e. The van der Waals surface area contributed by atoms with E-state index in [1.807, 2.05) is 80.6 Å². The molecule has 1 unspecified atom stereocenters. The molecule has 0 aliphatic heterocycles. The minimum atomic E-state index is -0.0310. The zero-order chi connectivity index (χ0) is 21.3. The van der Waals surface area contributed by atoms with Gasteiger partial charge in [-0.3, -0.25) is 9.59 Å². The van der Waals surface area contributed by atoms with E-state index in [2.05, 4.69) is 22.8 Å². The maximum absolute atomic E-state index is 12.4. The third-order valence-electron chi connectivity index (χ3n) is 5.17. The van der Waals surface area contributed by atoms with Gasteiger partial charge in [-0.15, -0.1) is 0 Å². The van der Waals surface area contributed by atoms with Crippen LogP contribution in [0.5, 0.6) is 0 Å². The molecule has 0 saturated carbocycles. The summed E-state index contributed by atoms with van der Waals surface area (Å²) in [6, 6.07) is 25.8. The molecule has 2 amide bonds. The Hall–Kier alpha value is -3.40. The van der Waals surface area contributed by atoms with Gasteiger partial charge in [-0.2, -0.15) is 0 Å². The first kappa shape index (κ1) is 21.3. The summed E-state index contributed by atoms with van der Waals surface area (Å²) >= 11 is 0. The molecule has 3 rings (SSSR count). The van der Waals surface area contributed by atoms with Crippen molar-refractivity contribution in [1.29, 1.82) is 0 Å². The lowest BCUT2D eigenvalue weighted by molar-refractivity contribution is -0.121. The van der Waals surface area contributed by atoms with E-state index in [1.165, 1.54) is 0 Å². The Morgan fingerprint density at radius 1 is 0.833 bits per heavy atom. The number of hydrogen-bond acceptors (Lipinski definition) is 2. The third kappa shape index (κ3) is 6.05. The van der Waals surface area contributed by atoms with Gasteiger partial charge in [0.2, 0.25) is 11.8 Å². The van der Waals surface area contributed by atoms with Crippen LogP contribution in [0.4, 0.5) is 5.69 Å². The highest BCUT2D eigenvalue weighted by Gasteiger charge is 2.11. The maximum atomic E-state index is 12.4. The lowest BCUT2D eigenvalue weighted by Crippen LogP contribution is -2.24. The first-order chi connectivity index (χ1) is 14.5. The highest BCUT2D eigenvalue weighted by Crippen LogP contribution is 2.19. The van der Waals surface area contributed by atoms with Crippen molar-refractivity contribution in [3.05, 3.63) is 90.0 Å². The van der Waals surface area contributed by atoms with Crippen LogP contribution < -0.4 is 10.6 Å². The SMILES string of the molecule is CCC(C)C(=O)Nc1cccc(CNC(=O)Cc2ccc(-c3ccccc3)cc2)c1. The van der Waals surface area contributed by atoms with Gasteiger partial charge in [0.05, 0.1) is 6.42 Å². The van der Waals surface area contributed by atoms with Crippen LogP contribution in [-0.2, 0) is 22.6 Å². The average Bonchev–Trinajstić information content (AvgIpc) is 2.78. The third-order valence-corrected chi connectivity index (χ3v) is 5.17.